The predicted molar refractivity (Wildman–Crippen MR) is 100 cm³/mol. The van der Waals surface area contributed by atoms with E-state index in [1.165, 1.54) is 0 Å². The number of allylic oxidation sites excluding steroid dienone is 2. The van der Waals surface area contributed by atoms with Crippen molar-refractivity contribution in [3.8, 4) is 11.3 Å². The van der Waals surface area contributed by atoms with E-state index >= 15 is 0 Å². The molecular weight excluding hydrogens is 314 g/mol. The van der Waals surface area contributed by atoms with Crippen LogP contribution in [0, 0.1) is 5.41 Å². The van der Waals surface area contributed by atoms with Gasteiger partial charge >= 0.3 is 0 Å². The molecule has 1 aromatic carbocycles. The number of nitrogens with one attached hydrogen (secondary N) is 3. The van der Waals surface area contributed by atoms with Crippen molar-refractivity contribution in [2.24, 2.45) is 0 Å². The molecule has 126 valence electrons. The minimum atomic E-state index is 0.384. The molecule has 0 aliphatic heterocycles. The maximum atomic E-state index is 9.06. The highest BCUT2D eigenvalue weighted by Crippen LogP contribution is 2.24. The van der Waals surface area contributed by atoms with Crippen molar-refractivity contribution >= 4 is 17.0 Å². The molecule has 6 nitrogen and oxygen atoms in total. The summed E-state index contributed by atoms with van der Waals surface area (Å²) in [5.74, 6) is 0. The third-order valence-corrected chi connectivity index (χ3v) is 3.88. The van der Waals surface area contributed by atoms with Gasteiger partial charge in [0.1, 0.15) is 5.65 Å². The van der Waals surface area contributed by atoms with Gasteiger partial charge in [0.2, 0.25) is 0 Å². The molecule has 0 saturated heterocycles. The Morgan fingerprint density at radius 3 is 2.88 bits per heavy atom. The number of hydrogen-bond acceptors (Lipinski definition) is 5. The fraction of sp³-hybridized carbons (Fsp3) is 0.0526. The second-order valence-electron chi connectivity index (χ2n) is 5.50. The van der Waals surface area contributed by atoms with Gasteiger partial charge in [0, 0.05) is 30.1 Å². The van der Waals surface area contributed by atoms with Crippen LogP contribution >= 0.6 is 0 Å². The molecule has 0 radical (unpaired) electrons. The van der Waals surface area contributed by atoms with Crippen LogP contribution in [-0.2, 0) is 0 Å². The first-order chi connectivity index (χ1) is 12.1. The van der Waals surface area contributed by atoms with Crippen LogP contribution in [0.1, 0.15) is 5.56 Å². The van der Waals surface area contributed by atoms with E-state index in [2.05, 4.69) is 22.4 Å². The normalized spacial score (nSPS) is 11.0. The third-order valence-electron chi connectivity index (χ3n) is 3.88. The minimum Gasteiger partial charge on any atom is -0.389 e. The van der Waals surface area contributed by atoms with Crippen LogP contribution < -0.4 is 10.8 Å². The van der Waals surface area contributed by atoms with Crippen LogP contribution in [0.5, 0.6) is 0 Å². The van der Waals surface area contributed by atoms with Crippen molar-refractivity contribution in [2.75, 3.05) is 12.5 Å². The number of likely N-dealkylation sites (N-methyl/N-ethyl adjacent to an activating group) is 1. The lowest BCUT2D eigenvalue weighted by molar-refractivity contribution is 0.389. The molecule has 4 N–H and O–H groups in total. The Morgan fingerprint density at radius 2 is 2.12 bits per heavy atom. The maximum absolute atomic E-state index is 9.06. The maximum Gasteiger partial charge on any atom is 0.137 e. The molecule has 0 aliphatic rings. The number of fused-ring (bicyclic) bond motifs is 1. The van der Waals surface area contributed by atoms with Crippen molar-refractivity contribution in [3.05, 3.63) is 78.8 Å². The largest absolute Gasteiger partial charge is 0.389 e. The summed E-state index contributed by atoms with van der Waals surface area (Å²) < 4.78 is 1.95. The van der Waals surface area contributed by atoms with E-state index in [0.717, 1.165) is 28.2 Å². The Bertz CT molecular complexity index is 971. The molecule has 2 aromatic heterocycles. The highest BCUT2D eigenvalue weighted by molar-refractivity contribution is 6.07. The van der Waals surface area contributed by atoms with Gasteiger partial charge in [0.15, 0.2) is 0 Å². The van der Waals surface area contributed by atoms with Gasteiger partial charge in [-0.15, -0.1) is 0 Å². The average Bonchev–Trinajstić information content (AvgIpc) is 3.09. The zero-order chi connectivity index (χ0) is 17.8. The van der Waals surface area contributed by atoms with Crippen LogP contribution in [-0.4, -0.2) is 27.4 Å². The zero-order valence-corrected chi connectivity index (χ0v) is 13.8. The summed E-state index contributed by atoms with van der Waals surface area (Å²) in [5.41, 5.74) is 7.25. The zero-order valence-electron chi connectivity index (χ0n) is 13.8. The van der Waals surface area contributed by atoms with Gasteiger partial charge in [-0.3, -0.25) is 15.1 Å². The second kappa shape index (κ2) is 7.02. The Hall–Kier alpha value is -3.38. The van der Waals surface area contributed by atoms with Gasteiger partial charge in [0.25, 0.3) is 0 Å². The first-order valence-electron chi connectivity index (χ1n) is 7.73. The van der Waals surface area contributed by atoms with Gasteiger partial charge in [-0.2, -0.15) is 0 Å². The molecule has 0 fully saturated rings. The topological polar surface area (TPSA) is 85.4 Å². The molecule has 0 saturated carbocycles. The lowest BCUT2D eigenvalue weighted by atomic mass is 10.1. The third kappa shape index (κ3) is 3.44. The number of nitrogens with zero attached hydrogens (tertiary/aromatic N) is 2. The number of imidazole rings is 1. The summed E-state index contributed by atoms with van der Waals surface area (Å²) in [6.45, 7) is 3.81. The second-order valence-corrected chi connectivity index (χ2v) is 5.50. The lowest BCUT2D eigenvalue weighted by Crippen LogP contribution is -2.02. The van der Waals surface area contributed by atoms with Gasteiger partial charge in [0.05, 0.1) is 23.3 Å². The molecular formula is C19H19N5O. The molecule has 0 spiro atoms. The van der Waals surface area contributed by atoms with E-state index in [0.29, 0.717) is 11.4 Å². The standard InChI is InChI=1S/C19H19N5O/c1-13(21-2)6-7-17(20)14-8-9-24-18(12-22-19(24)11-14)15-4-3-5-16(10-15)23-25/h3-12,20-21,23,25H,1H2,2H3/b7-6-,20-17?. The number of aromatic nitrogens is 2. The molecule has 2 heterocycles. The van der Waals surface area contributed by atoms with Gasteiger partial charge in [-0.05, 0) is 36.4 Å². The minimum absolute atomic E-state index is 0.384. The van der Waals surface area contributed by atoms with Crippen molar-refractivity contribution in [2.45, 2.75) is 0 Å². The monoisotopic (exact) mass is 333 g/mol. The van der Waals surface area contributed by atoms with E-state index < -0.39 is 0 Å². The molecule has 25 heavy (non-hydrogen) atoms. The van der Waals surface area contributed by atoms with Gasteiger partial charge in [-0.25, -0.2) is 4.98 Å². The van der Waals surface area contributed by atoms with E-state index in [1.54, 1.807) is 31.5 Å². The van der Waals surface area contributed by atoms with E-state index in [-0.39, 0.29) is 0 Å². The number of rotatable bonds is 6. The van der Waals surface area contributed by atoms with Crippen LogP contribution in [0.15, 0.2) is 73.2 Å². The average molecular weight is 333 g/mol. The Balaban J connectivity index is 1.94. The molecule has 0 bridgehead atoms. The molecule has 0 amide bonds. The van der Waals surface area contributed by atoms with Crippen molar-refractivity contribution < 1.29 is 5.21 Å². The molecule has 0 atom stereocenters. The summed E-state index contributed by atoms with van der Waals surface area (Å²) in [4.78, 5) is 4.43. The Labute approximate surface area is 145 Å². The quantitative estimate of drug-likeness (QED) is 0.316. The van der Waals surface area contributed by atoms with Crippen LogP contribution in [0.3, 0.4) is 0 Å². The first kappa shape index (κ1) is 16.5. The predicted octanol–water partition coefficient (Wildman–Crippen LogP) is 3.46. The fourth-order valence-corrected chi connectivity index (χ4v) is 2.47. The van der Waals surface area contributed by atoms with E-state index in [4.69, 9.17) is 10.6 Å². The van der Waals surface area contributed by atoms with Gasteiger partial charge < -0.3 is 10.7 Å². The molecule has 3 rings (SSSR count). The smallest absolute Gasteiger partial charge is 0.137 e. The highest BCUT2D eigenvalue weighted by atomic mass is 16.5. The summed E-state index contributed by atoms with van der Waals surface area (Å²) in [5, 5.41) is 20.1. The highest BCUT2D eigenvalue weighted by Gasteiger charge is 2.08. The number of benzene rings is 1. The Kier molecular flexibility index (Phi) is 4.63. The van der Waals surface area contributed by atoms with Gasteiger partial charge in [-0.1, -0.05) is 18.7 Å². The SMILES string of the molecule is C=C(/C=C\C(=N)c1ccn2c(-c3cccc(NO)c3)cnc2c1)NC. The van der Waals surface area contributed by atoms with Crippen molar-refractivity contribution in [1.82, 2.24) is 14.7 Å². The number of pyridine rings is 1. The number of hydrogen-bond donors (Lipinski definition) is 4. The van der Waals surface area contributed by atoms with E-state index in [9.17, 15) is 0 Å². The summed E-state index contributed by atoms with van der Waals surface area (Å²) in [6.07, 6.45) is 7.13. The van der Waals surface area contributed by atoms with Crippen LogP contribution in [0.2, 0.25) is 0 Å². The first-order valence-corrected chi connectivity index (χ1v) is 7.73. The fourth-order valence-electron chi connectivity index (χ4n) is 2.47. The molecule has 6 heteroatoms. The molecule has 0 aliphatic carbocycles. The van der Waals surface area contributed by atoms with Crippen molar-refractivity contribution in [3.63, 3.8) is 0 Å². The van der Waals surface area contributed by atoms with Crippen molar-refractivity contribution in [1.29, 1.82) is 5.41 Å². The number of anilines is 1. The van der Waals surface area contributed by atoms with E-state index in [1.807, 2.05) is 40.9 Å². The lowest BCUT2D eigenvalue weighted by Gasteiger charge is -2.06. The molecule has 0 unspecified atom stereocenters. The summed E-state index contributed by atoms with van der Waals surface area (Å²) in [7, 11) is 1.79. The van der Waals surface area contributed by atoms with Crippen LogP contribution in [0.25, 0.3) is 16.9 Å². The Morgan fingerprint density at radius 1 is 1.28 bits per heavy atom. The molecule has 3 aromatic rings. The summed E-state index contributed by atoms with van der Waals surface area (Å²) >= 11 is 0. The van der Waals surface area contributed by atoms with Crippen LogP contribution in [0.4, 0.5) is 5.69 Å². The summed E-state index contributed by atoms with van der Waals surface area (Å²) in [6, 6.07) is 11.2.